The number of carbonyl (C=O) groups excluding carboxylic acids is 1. The molecular weight excluding hydrogens is 318 g/mol. The molecule has 0 atom stereocenters. The number of rotatable bonds is 4. The zero-order valence-corrected chi connectivity index (χ0v) is 14.6. The van der Waals surface area contributed by atoms with Gasteiger partial charge in [-0.3, -0.25) is 0 Å². The Morgan fingerprint density at radius 3 is 2.40 bits per heavy atom. The van der Waals surface area contributed by atoms with Crippen LogP contribution in [0.4, 0.5) is 0 Å². The van der Waals surface area contributed by atoms with E-state index in [1.54, 1.807) is 32.4 Å². The number of aliphatic imine (C=N–C) groups is 1. The maximum atomic E-state index is 12.1. The number of hydrogen-bond donors (Lipinski definition) is 0. The van der Waals surface area contributed by atoms with Crippen molar-refractivity contribution >= 4 is 17.9 Å². The van der Waals surface area contributed by atoms with Crippen molar-refractivity contribution in [2.45, 2.75) is 13.8 Å². The summed E-state index contributed by atoms with van der Waals surface area (Å²) in [6.45, 7) is 4.04. The van der Waals surface area contributed by atoms with Crippen LogP contribution in [-0.4, -0.2) is 26.1 Å². The molecule has 0 amide bonds. The lowest BCUT2D eigenvalue weighted by Crippen LogP contribution is -2.05. The molecule has 0 N–H and O–H groups in total. The number of methoxy groups -OCH3 is 2. The van der Waals surface area contributed by atoms with Crippen LogP contribution in [0.1, 0.15) is 22.3 Å². The topological polar surface area (TPSA) is 57.1 Å². The summed E-state index contributed by atoms with van der Waals surface area (Å²) in [4.78, 5) is 16.5. The normalized spacial score (nSPS) is 15.1. The summed E-state index contributed by atoms with van der Waals surface area (Å²) < 4.78 is 15.8. The van der Waals surface area contributed by atoms with E-state index in [9.17, 15) is 4.79 Å². The van der Waals surface area contributed by atoms with E-state index in [4.69, 9.17) is 14.2 Å². The number of carbonyl (C=O) groups is 1. The highest BCUT2D eigenvalue weighted by molar-refractivity contribution is 6.12. The van der Waals surface area contributed by atoms with Gasteiger partial charge in [0.1, 0.15) is 0 Å². The van der Waals surface area contributed by atoms with Gasteiger partial charge in [0.2, 0.25) is 5.90 Å². The summed E-state index contributed by atoms with van der Waals surface area (Å²) in [6, 6.07) is 11.2. The second-order valence-corrected chi connectivity index (χ2v) is 5.75. The van der Waals surface area contributed by atoms with E-state index < -0.39 is 5.97 Å². The molecule has 5 nitrogen and oxygen atoms in total. The standard InChI is InChI=1S/C20H19NO4/c1-12-5-7-15(9-13(12)2)19-21-16(20(22)25-19)10-14-6-8-17(23-3)18(11-14)24-4/h5-11H,1-4H3/b16-10-. The molecule has 0 unspecified atom stereocenters. The summed E-state index contributed by atoms with van der Waals surface area (Å²) in [5.41, 5.74) is 4.10. The van der Waals surface area contributed by atoms with Crippen molar-refractivity contribution in [3.05, 3.63) is 64.3 Å². The third-order valence-corrected chi connectivity index (χ3v) is 4.09. The maximum Gasteiger partial charge on any atom is 0.363 e. The summed E-state index contributed by atoms with van der Waals surface area (Å²) >= 11 is 0. The number of ether oxygens (including phenoxy) is 3. The van der Waals surface area contributed by atoms with Crippen LogP contribution in [0.15, 0.2) is 47.1 Å². The molecule has 2 aromatic carbocycles. The second kappa shape index (κ2) is 6.81. The van der Waals surface area contributed by atoms with Crippen molar-refractivity contribution in [3.8, 4) is 11.5 Å². The van der Waals surface area contributed by atoms with Crippen LogP contribution in [0.5, 0.6) is 11.5 Å². The van der Waals surface area contributed by atoms with Crippen LogP contribution in [0.3, 0.4) is 0 Å². The van der Waals surface area contributed by atoms with E-state index in [0.29, 0.717) is 17.4 Å². The largest absolute Gasteiger partial charge is 0.493 e. The minimum absolute atomic E-state index is 0.250. The van der Waals surface area contributed by atoms with Crippen molar-refractivity contribution in [1.82, 2.24) is 0 Å². The maximum absolute atomic E-state index is 12.1. The summed E-state index contributed by atoms with van der Waals surface area (Å²) in [5.74, 6) is 1.06. The van der Waals surface area contributed by atoms with Crippen LogP contribution in [-0.2, 0) is 9.53 Å². The van der Waals surface area contributed by atoms with Gasteiger partial charge in [-0.05, 0) is 60.9 Å². The SMILES string of the molecule is COc1ccc(/C=C2\N=C(c3ccc(C)c(C)c3)OC2=O)cc1OC. The zero-order chi connectivity index (χ0) is 18.0. The fourth-order valence-corrected chi connectivity index (χ4v) is 2.51. The summed E-state index contributed by atoms with van der Waals surface area (Å²) in [6.07, 6.45) is 1.67. The Labute approximate surface area is 146 Å². The number of benzene rings is 2. The monoisotopic (exact) mass is 337 g/mol. The average Bonchev–Trinajstić information content (AvgIpc) is 2.97. The Morgan fingerprint density at radius 2 is 1.72 bits per heavy atom. The number of hydrogen-bond acceptors (Lipinski definition) is 5. The van der Waals surface area contributed by atoms with Crippen LogP contribution >= 0.6 is 0 Å². The molecule has 0 radical (unpaired) electrons. The molecule has 3 rings (SSSR count). The third kappa shape index (κ3) is 3.40. The molecule has 0 aromatic heterocycles. The lowest BCUT2D eigenvalue weighted by Gasteiger charge is -2.07. The zero-order valence-electron chi connectivity index (χ0n) is 14.6. The molecule has 5 heteroatoms. The molecule has 0 spiro atoms. The van der Waals surface area contributed by atoms with Gasteiger partial charge in [-0.1, -0.05) is 12.1 Å². The van der Waals surface area contributed by atoms with Gasteiger partial charge in [0, 0.05) is 5.56 Å². The molecule has 0 aliphatic carbocycles. The Bertz CT molecular complexity index is 897. The van der Waals surface area contributed by atoms with Gasteiger partial charge in [-0.2, -0.15) is 0 Å². The highest BCUT2D eigenvalue weighted by Crippen LogP contribution is 2.29. The van der Waals surface area contributed by atoms with Crippen LogP contribution < -0.4 is 9.47 Å². The van der Waals surface area contributed by atoms with Crippen LogP contribution in [0.25, 0.3) is 6.08 Å². The third-order valence-electron chi connectivity index (χ3n) is 4.09. The minimum atomic E-state index is -0.469. The van der Waals surface area contributed by atoms with E-state index in [1.165, 1.54) is 5.56 Å². The highest BCUT2D eigenvalue weighted by atomic mass is 16.6. The van der Waals surface area contributed by atoms with E-state index in [0.717, 1.165) is 16.7 Å². The molecule has 0 fully saturated rings. The summed E-state index contributed by atoms with van der Waals surface area (Å²) in [7, 11) is 3.14. The smallest absolute Gasteiger partial charge is 0.363 e. The molecule has 1 heterocycles. The number of esters is 1. The van der Waals surface area contributed by atoms with Gasteiger partial charge in [0.25, 0.3) is 0 Å². The number of nitrogens with zero attached hydrogens (tertiary/aromatic N) is 1. The van der Waals surface area contributed by atoms with Crippen molar-refractivity contribution in [3.63, 3.8) is 0 Å². The average molecular weight is 337 g/mol. The van der Waals surface area contributed by atoms with Crippen molar-refractivity contribution in [2.75, 3.05) is 14.2 Å². The first-order chi connectivity index (χ1) is 12.0. The first-order valence-corrected chi connectivity index (χ1v) is 7.84. The van der Waals surface area contributed by atoms with E-state index in [2.05, 4.69) is 4.99 Å². The molecule has 0 saturated heterocycles. The Kier molecular flexibility index (Phi) is 4.57. The molecule has 0 bridgehead atoms. The fourth-order valence-electron chi connectivity index (χ4n) is 2.51. The first-order valence-electron chi connectivity index (χ1n) is 7.84. The van der Waals surface area contributed by atoms with Gasteiger partial charge in [0.05, 0.1) is 14.2 Å². The number of aryl methyl sites for hydroxylation is 2. The molecule has 1 aliphatic rings. The second-order valence-electron chi connectivity index (χ2n) is 5.75. The van der Waals surface area contributed by atoms with E-state index >= 15 is 0 Å². The quantitative estimate of drug-likeness (QED) is 0.631. The van der Waals surface area contributed by atoms with Crippen LogP contribution in [0.2, 0.25) is 0 Å². The molecular formula is C20H19NO4. The highest BCUT2D eigenvalue weighted by Gasteiger charge is 2.24. The van der Waals surface area contributed by atoms with Gasteiger partial charge < -0.3 is 14.2 Å². The Balaban J connectivity index is 1.94. The minimum Gasteiger partial charge on any atom is -0.493 e. The summed E-state index contributed by atoms with van der Waals surface area (Å²) in [5, 5.41) is 0. The predicted molar refractivity (Wildman–Crippen MR) is 96.1 cm³/mol. The molecule has 2 aromatic rings. The lowest BCUT2D eigenvalue weighted by atomic mass is 10.1. The fraction of sp³-hybridized carbons (Fsp3) is 0.200. The Morgan fingerprint density at radius 1 is 0.960 bits per heavy atom. The van der Waals surface area contributed by atoms with Crippen molar-refractivity contribution < 1.29 is 19.0 Å². The van der Waals surface area contributed by atoms with Gasteiger partial charge in [-0.15, -0.1) is 0 Å². The predicted octanol–water partition coefficient (Wildman–Crippen LogP) is 3.67. The van der Waals surface area contributed by atoms with Crippen LogP contribution in [0, 0.1) is 13.8 Å². The van der Waals surface area contributed by atoms with Crippen molar-refractivity contribution in [1.29, 1.82) is 0 Å². The first kappa shape index (κ1) is 16.8. The van der Waals surface area contributed by atoms with E-state index in [1.807, 2.05) is 38.1 Å². The molecule has 128 valence electrons. The molecule has 1 aliphatic heterocycles. The molecule has 0 saturated carbocycles. The van der Waals surface area contributed by atoms with Gasteiger partial charge >= 0.3 is 5.97 Å². The van der Waals surface area contributed by atoms with Gasteiger partial charge in [-0.25, -0.2) is 9.79 Å². The number of cyclic esters (lactones) is 1. The molecule has 25 heavy (non-hydrogen) atoms. The van der Waals surface area contributed by atoms with Crippen molar-refractivity contribution in [2.24, 2.45) is 4.99 Å². The lowest BCUT2D eigenvalue weighted by molar-refractivity contribution is -0.129. The Hall–Kier alpha value is -3.08. The van der Waals surface area contributed by atoms with E-state index in [-0.39, 0.29) is 5.70 Å². The van der Waals surface area contributed by atoms with Gasteiger partial charge in [0.15, 0.2) is 17.2 Å².